The summed E-state index contributed by atoms with van der Waals surface area (Å²) in [6, 6.07) is 9.01. The van der Waals surface area contributed by atoms with E-state index in [1.54, 1.807) is 0 Å². The van der Waals surface area contributed by atoms with Crippen molar-refractivity contribution in [3.63, 3.8) is 0 Å². The van der Waals surface area contributed by atoms with Gasteiger partial charge in [-0.05, 0) is 44.7 Å². The van der Waals surface area contributed by atoms with E-state index in [-0.39, 0.29) is 0 Å². The smallest absolute Gasteiger partial charge is 0.119 e. The van der Waals surface area contributed by atoms with Crippen LogP contribution in [0.15, 0.2) is 24.3 Å². The fourth-order valence-electron chi connectivity index (χ4n) is 2.15. The topological polar surface area (TPSA) is 24.5 Å². The zero-order valence-corrected chi connectivity index (χ0v) is 10.1. The van der Waals surface area contributed by atoms with Gasteiger partial charge in [0.1, 0.15) is 5.75 Å². The van der Waals surface area contributed by atoms with Gasteiger partial charge in [-0.2, -0.15) is 0 Å². The summed E-state index contributed by atoms with van der Waals surface area (Å²) in [7, 11) is 2.03. The van der Waals surface area contributed by atoms with Gasteiger partial charge < -0.3 is 15.0 Å². The number of nitrogens with one attached hydrogen (secondary N) is 1. The third-order valence-electron chi connectivity index (χ3n) is 3.11. The molecule has 1 atom stereocenters. The second kappa shape index (κ2) is 5.21. The predicted octanol–water partition coefficient (Wildman–Crippen LogP) is 1.88. The molecule has 1 aromatic rings. The Labute approximate surface area is 97.4 Å². The van der Waals surface area contributed by atoms with Crippen LogP contribution in [-0.4, -0.2) is 32.8 Å². The zero-order valence-electron chi connectivity index (χ0n) is 10.1. The zero-order chi connectivity index (χ0) is 11.4. The van der Waals surface area contributed by atoms with E-state index in [2.05, 4.69) is 22.3 Å². The van der Waals surface area contributed by atoms with E-state index in [1.807, 2.05) is 26.1 Å². The maximum atomic E-state index is 5.43. The van der Waals surface area contributed by atoms with Crippen LogP contribution in [0.1, 0.15) is 13.3 Å². The highest BCUT2D eigenvalue weighted by Gasteiger charge is 2.20. The second-order valence-corrected chi connectivity index (χ2v) is 4.15. The molecule has 1 heterocycles. The van der Waals surface area contributed by atoms with E-state index in [1.165, 1.54) is 12.1 Å². The van der Waals surface area contributed by atoms with E-state index >= 15 is 0 Å². The summed E-state index contributed by atoms with van der Waals surface area (Å²) >= 11 is 0. The number of nitrogens with zero attached hydrogens (tertiary/aromatic N) is 1. The lowest BCUT2D eigenvalue weighted by molar-refractivity contribution is 0.340. The maximum absolute atomic E-state index is 5.43. The average molecular weight is 220 g/mol. The van der Waals surface area contributed by atoms with Crippen LogP contribution in [0.5, 0.6) is 5.75 Å². The first-order chi connectivity index (χ1) is 7.83. The van der Waals surface area contributed by atoms with Gasteiger partial charge in [0.15, 0.2) is 0 Å². The molecule has 3 nitrogen and oxygen atoms in total. The van der Waals surface area contributed by atoms with Gasteiger partial charge in [-0.15, -0.1) is 0 Å². The fourth-order valence-corrected chi connectivity index (χ4v) is 2.15. The van der Waals surface area contributed by atoms with Crippen molar-refractivity contribution in [2.24, 2.45) is 0 Å². The number of hydrogen-bond donors (Lipinski definition) is 1. The predicted molar refractivity (Wildman–Crippen MR) is 67.3 cm³/mol. The van der Waals surface area contributed by atoms with Gasteiger partial charge in [0, 0.05) is 24.8 Å². The van der Waals surface area contributed by atoms with Crippen LogP contribution < -0.4 is 15.0 Å². The minimum Gasteiger partial charge on any atom is -0.494 e. The van der Waals surface area contributed by atoms with Gasteiger partial charge in [0.05, 0.1) is 6.61 Å². The summed E-state index contributed by atoms with van der Waals surface area (Å²) in [6.45, 7) is 4.97. The van der Waals surface area contributed by atoms with E-state index < -0.39 is 0 Å². The lowest BCUT2D eigenvalue weighted by atomic mass is 10.3. The summed E-state index contributed by atoms with van der Waals surface area (Å²) in [4.78, 5) is 2.41. The third-order valence-corrected chi connectivity index (χ3v) is 3.11. The molecular weight excluding hydrogens is 200 g/mol. The molecule has 2 rings (SSSR count). The van der Waals surface area contributed by atoms with Crippen molar-refractivity contribution in [3.05, 3.63) is 24.3 Å². The molecule has 88 valence electrons. The van der Waals surface area contributed by atoms with Crippen molar-refractivity contribution >= 4 is 5.69 Å². The molecule has 0 spiro atoms. The second-order valence-electron chi connectivity index (χ2n) is 4.15. The Hall–Kier alpha value is -1.22. The highest BCUT2D eigenvalue weighted by Crippen LogP contribution is 2.23. The van der Waals surface area contributed by atoms with Crippen LogP contribution in [0.4, 0.5) is 5.69 Å². The molecule has 0 aromatic heterocycles. The van der Waals surface area contributed by atoms with Gasteiger partial charge in [-0.1, -0.05) is 0 Å². The van der Waals surface area contributed by atoms with Crippen molar-refractivity contribution in [2.45, 2.75) is 19.4 Å². The minimum atomic E-state index is 0.631. The van der Waals surface area contributed by atoms with E-state index in [0.717, 1.165) is 25.4 Å². The molecule has 1 aliphatic rings. The highest BCUT2D eigenvalue weighted by atomic mass is 16.5. The molecule has 0 amide bonds. The lowest BCUT2D eigenvalue weighted by Gasteiger charge is -2.18. The first-order valence-electron chi connectivity index (χ1n) is 5.98. The summed E-state index contributed by atoms with van der Waals surface area (Å²) in [6.07, 6.45) is 1.23. The van der Waals surface area contributed by atoms with Gasteiger partial charge in [0.2, 0.25) is 0 Å². The Morgan fingerprint density at radius 1 is 1.38 bits per heavy atom. The molecule has 3 heteroatoms. The van der Waals surface area contributed by atoms with Crippen molar-refractivity contribution < 1.29 is 4.74 Å². The summed E-state index contributed by atoms with van der Waals surface area (Å²) in [5.74, 6) is 0.954. The van der Waals surface area contributed by atoms with Crippen molar-refractivity contribution in [2.75, 3.05) is 31.6 Å². The number of hydrogen-bond acceptors (Lipinski definition) is 3. The SMILES string of the molecule is CCOc1ccc(N2CCC(NC)C2)cc1. The first kappa shape index (κ1) is 11.3. The molecule has 1 N–H and O–H groups in total. The van der Waals surface area contributed by atoms with Crippen LogP contribution in [-0.2, 0) is 0 Å². The van der Waals surface area contributed by atoms with Crippen molar-refractivity contribution in [1.29, 1.82) is 0 Å². The van der Waals surface area contributed by atoms with E-state index in [4.69, 9.17) is 4.74 Å². The average Bonchev–Trinajstić information content (AvgIpc) is 2.79. The lowest BCUT2D eigenvalue weighted by Crippen LogP contribution is -2.29. The number of ether oxygens (including phenoxy) is 1. The highest BCUT2D eigenvalue weighted by molar-refractivity contribution is 5.50. The number of likely N-dealkylation sites (N-methyl/N-ethyl adjacent to an activating group) is 1. The third kappa shape index (κ3) is 2.47. The summed E-state index contributed by atoms with van der Waals surface area (Å²) in [5.41, 5.74) is 1.29. The van der Waals surface area contributed by atoms with Gasteiger partial charge in [-0.3, -0.25) is 0 Å². The Morgan fingerprint density at radius 2 is 2.12 bits per heavy atom. The van der Waals surface area contributed by atoms with Gasteiger partial charge in [0.25, 0.3) is 0 Å². The van der Waals surface area contributed by atoms with Crippen LogP contribution in [0, 0.1) is 0 Å². The quantitative estimate of drug-likeness (QED) is 0.838. The van der Waals surface area contributed by atoms with Gasteiger partial charge in [-0.25, -0.2) is 0 Å². The van der Waals surface area contributed by atoms with Crippen LogP contribution in [0.2, 0.25) is 0 Å². The summed E-state index contributed by atoms with van der Waals surface area (Å²) < 4.78 is 5.43. The molecule has 1 aliphatic heterocycles. The molecular formula is C13H20N2O. The molecule has 16 heavy (non-hydrogen) atoms. The molecule has 0 aliphatic carbocycles. The molecule has 1 aromatic carbocycles. The van der Waals surface area contributed by atoms with Crippen molar-refractivity contribution in [3.8, 4) is 5.75 Å². The molecule has 0 radical (unpaired) electrons. The molecule has 1 fully saturated rings. The Kier molecular flexibility index (Phi) is 3.67. The van der Waals surface area contributed by atoms with E-state index in [9.17, 15) is 0 Å². The first-order valence-corrected chi connectivity index (χ1v) is 5.98. The number of anilines is 1. The van der Waals surface area contributed by atoms with Crippen molar-refractivity contribution in [1.82, 2.24) is 5.32 Å². The van der Waals surface area contributed by atoms with Crippen LogP contribution in [0.3, 0.4) is 0 Å². The van der Waals surface area contributed by atoms with Gasteiger partial charge >= 0.3 is 0 Å². The molecule has 1 unspecified atom stereocenters. The molecule has 0 bridgehead atoms. The number of benzene rings is 1. The largest absolute Gasteiger partial charge is 0.494 e. The Morgan fingerprint density at radius 3 is 2.69 bits per heavy atom. The van der Waals surface area contributed by atoms with Crippen LogP contribution in [0.25, 0.3) is 0 Å². The minimum absolute atomic E-state index is 0.631. The van der Waals surface area contributed by atoms with Crippen LogP contribution >= 0.6 is 0 Å². The monoisotopic (exact) mass is 220 g/mol. The summed E-state index contributed by atoms with van der Waals surface area (Å²) in [5, 5.41) is 3.33. The Balaban J connectivity index is 1.99. The standard InChI is InChI=1S/C13H20N2O/c1-3-16-13-6-4-12(5-7-13)15-9-8-11(10-15)14-2/h4-7,11,14H,3,8-10H2,1-2H3. The normalized spacial score (nSPS) is 20.1. The molecule has 1 saturated heterocycles. The number of rotatable bonds is 4. The van der Waals surface area contributed by atoms with E-state index in [0.29, 0.717) is 6.04 Å². The molecule has 0 saturated carbocycles. The Bertz CT molecular complexity index is 323. The fraction of sp³-hybridized carbons (Fsp3) is 0.538. The maximum Gasteiger partial charge on any atom is 0.119 e.